The Morgan fingerprint density at radius 3 is 2.60 bits per heavy atom. The summed E-state index contributed by atoms with van der Waals surface area (Å²) >= 11 is 6.71. The van der Waals surface area contributed by atoms with Crippen molar-refractivity contribution in [2.45, 2.75) is 0 Å². The second-order valence-electron chi connectivity index (χ2n) is 4.05. The molecule has 6 heteroatoms. The van der Waals surface area contributed by atoms with Crippen LogP contribution in [0.25, 0.3) is 17.1 Å². The summed E-state index contributed by atoms with van der Waals surface area (Å²) in [6, 6.07) is 11.2. The second-order valence-corrected chi connectivity index (χ2v) is 5.69. The third-order valence-electron chi connectivity index (χ3n) is 2.78. The van der Waals surface area contributed by atoms with Crippen LogP contribution >= 0.6 is 31.9 Å². The Morgan fingerprint density at radius 2 is 1.95 bits per heavy atom. The number of para-hydroxylation sites is 1. The Kier molecular flexibility index (Phi) is 3.58. The first-order valence-electron chi connectivity index (χ1n) is 5.74. The van der Waals surface area contributed by atoms with Crippen LogP contribution in [-0.2, 0) is 0 Å². The van der Waals surface area contributed by atoms with E-state index in [4.69, 9.17) is 4.42 Å². The standard InChI is InChI=1S/C14H8Br2N2O2/c15-10-3-1-2-4-11(10)18-7-9(8-19)14(17-18)12-5-6-13(16)20-12/h1-8H. The minimum Gasteiger partial charge on any atom is -0.448 e. The van der Waals surface area contributed by atoms with Crippen LogP contribution in [0, 0.1) is 0 Å². The molecule has 0 amide bonds. The van der Waals surface area contributed by atoms with E-state index < -0.39 is 0 Å². The van der Waals surface area contributed by atoms with Crippen molar-refractivity contribution in [1.82, 2.24) is 9.78 Å². The molecule has 4 nitrogen and oxygen atoms in total. The van der Waals surface area contributed by atoms with Crippen LogP contribution in [0.1, 0.15) is 10.4 Å². The van der Waals surface area contributed by atoms with Gasteiger partial charge in [-0.2, -0.15) is 5.10 Å². The van der Waals surface area contributed by atoms with E-state index in [1.165, 1.54) is 0 Å². The van der Waals surface area contributed by atoms with Crippen LogP contribution in [0.5, 0.6) is 0 Å². The molecule has 0 fully saturated rings. The second kappa shape index (κ2) is 5.38. The molecular weight excluding hydrogens is 388 g/mol. The maximum atomic E-state index is 11.2. The number of carbonyl (C=O) groups is 1. The fourth-order valence-electron chi connectivity index (χ4n) is 1.87. The molecule has 0 bridgehead atoms. The van der Waals surface area contributed by atoms with Gasteiger partial charge < -0.3 is 4.42 Å². The van der Waals surface area contributed by atoms with Gasteiger partial charge in [0.1, 0.15) is 5.69 Å². The summed E-state index contributed by atoms with van der Waals surface area (Å²) in [5.74, 6) is 0.546. The maximum absolute atomic E-state index is 11.2. The summed E-state index contributed by atoms with van der Waals surface area (Å²) in [6.07, 6.45) is 2.45. The lowest BCUT2D eigenvalue weighted by Gasteiger charge is -2.02. The zero-order chi connectivity index (χ0) is 14.1. The number of rotatable bonds is 3. The van der Waals surface area contributed by atoms with E-state index in [0.29, 0.717) is 21.7 Å². The Morgan fingerprint density at radius 1 is 1.15 bits per heavy atom. The van der Waals surface area contributed by atoms with E-state index >= 15 is 0 Å². The monoisotopic (exact) mass is 394 g/mol. The molecular formula is C14H8Br2N2O2. The molecule has 3 rings (SSSR count). The number of nitrogens with zero attached hydrogens (tertiary/aromatic N) is 2. The zero-order valence-electron chi connectivity index (χ0n) is 10.1. The lowest BCUT2D eigenvalue weighted by molar-refractivity contribution is 0.112. The highest BCUT2D eigenvalue weighted by Crippen LogP contribution is 2.28. The summed E-state index contributed by atoms with van der Waals surface area (Å²) in [5, 5.41) is 4.44. The Hall–Kier alpha value is -1.66. The van der Waals surface area contributed by atoms with Crippen LogP contribution in [0.15, 0.2) is 56.2 Å². The van der Waals surface area contributed by atoms with Gasteiger partial charge in [0.15, 0.2) is 16.7 Å². The van der Waals surface area contributed by atoms with E-state index in [-0.39, 0.29) is 0 Å². The van der Waals surface area contributed by atoms with Gasteiger partial charge in [0.2, 0.25) is 0 Å². The van der Waals surface area contributed by atoms with E-state index in [2.05, 4.69) is 37.0 Å². The largest absolute Gasteiger partial charge is 0.448 e. The smallest absolute Gasteiger partial charge is 0.169 e. The molecule has 0 unspecified atom stereocenters. The molecule has 20 heavy (non-hydrogen) atoms. The van der Waals surface area contributed by atoms with Crippen LogP contribution in [0.3, 0.4) is 0 Å². The molecule has 0 saturated heterocycles. The summed E-state index contributed by atoms with van der Waals surface area (Å²) < 4.78 is 8.61. The third kappa shape index (κ3) is 2.36. The van der Waals surface area contributed by atoms with Gasteiger partial charge in [0.25, 0.3) is 0 Å². The van der Waals surface area contributed by atoms with E-state index in [1.54, 1.807) is 23.0 Å². The first-order valence-corrected chi connectivity index (χ1v) is 7.33. The number of hydrogen-bond acceptors (Lipinski definition) is 3. The Balaban J connectivity index is 2.14. The molecule has 0 N–H and O–H groups in total. The highest BCUT2D eigenvalue weighted by atomic mass is 79.9. The number of furan rings is 1. The van der Waals surface area contributed by atoms with Gasteiger partial charge in [-0.25, -0.2) is 4.68 Å². The molecule has 0 aliphatic carbocycles. The van der Waals surface area contributed by atoms with Crippen LogP contribution in [0.4, 0.5) is 0 Å². The number of aldehydes is 1. The van der Waals surface area contributed by atoms with Crippen LogP contribution in [0.2, 0.25) is 0 Å². The predicted molar refractivity (Wildman–Crippen MR) is 82.1 cm³/mol. The average molecular weight is 396 g/mol. The minimum atomic E-state index is 0.475. The summed E-state index contributed by atoms with van der Waals surface area (Å²) in [6.45, 7) is 0. The molecule has 0 atom stereocenters. The molecule has 0 radical (unpaired) electrons. The SMILES string of the molecule is O=Cc1cn(-c2ccccc2Br)nc1-c1ccc(Br)o1. The van der Waals surface area contributed by atoms with Crippen molar-refractivity contribution in [2.24, 2.45) is 0 Å². The summed E-state index contributed by atoms with van der Waals surface area (Å²) in [7, 11) is 0. The lowest BCUT2D eigenvalue weighted by Crippen LogP contribution is -1.95. The first-order chi connectivity index (χ1) is 9.69. The Bertz CT molecular complexity index is 777. The number of halogens is 2. The van der Waals surface area contributed by atoms with Crippen molar-refractivity contribution in [3.63, 3.8) is 0 Å². The Labute approximate surface area is 131 Å². The fourth-order valence-corrected chi connectivity index (χ4v) is 2.64. The first kappa shape index (κ1) is 13.3. The highest BCUT2D eigenvalue weighted by Gasteiger charge is 2.15. The van der Waals surface area contributed by atoms with Gasteiger partial charge in [-0.3, -0.25) is 4.79 Å². The van der Waals surface area contributed by atoms with Crippen molar-refractivity contribution in [3.05, 3.63) is 57.3 Å². The summed E-state index contributed by atoms with van der Waals surface area (Å²) in [4.78, 5) is 11.2. The van der Waals surface area contributed by atoms with Gasteiger partial charge in [-0.15, -0.1) is 0 Å². The summed E-state index contributed by atoms with van der Waals surface area (Å²) in [5.41, 5.74) is 1.84. The normalized spacial score (nSPS) is 10.7. The minimum absolute atomic E-state index is 0.475. The lowest BCUT2D eigenvalue weighted by atomic mass is 10.2. The average Bonchev–Trinajstić information content (AvgIpc) is 3.05. The molecule has 0 spiro atoms. The van der Waals surface area contributed by atoms with Gasteiger partial charge in [0.05, 0.1) is 11.3 Å². The van der Waals surface area contributed by atoms with Crippen molar-refractivity contribution >= 4 is 38.1 Å². The molecule has 0 aliphatic rings. The van der Waals surface area contributed by atoms with Gasteiger partial charge in [0, 0.05) is 10.7 Å². The molecule has 2 aromatic heterocycles. The van der Waals surface area contributed by atoms with Crippen molar-refractivity contribution in [3.8, 4) is 17.1 Å². The van der Waals surface area contributed by atoms with E-state index in [1.807, 2.05) is 24.3 Å². The van der Waals surface area contributed by atoms with Crippen molar-refractivity contribution < 1.29 is 9.21 Å². The number of aromatic nitrogens is 2. The predicted octanol–water partition coefficient (Wildman–Crippen LogP) is 4.47. The highest BCUT2D eigenvalue weighted by molar-refractivity contribution is 9.10. The van der Waals surface area contributed by atoms with Crippen molar-refractivity contribution in [2.75, 3.05) is 0 Å². The number of benzene rings is 1. The van der Waals surface area contributed by atoms with Gasteiger partial charge >= 0.3 is 0 Å². The molecule has 2 heterocycles. The van der Waals surface area contributed by atoms with E-state index in [9.17, 15) is 4.79 Å². The molecule has 100 valence electrons. The van der Waals surface area contributed by atoms with Gasteiger partial charge in [-0.1, -0.05) is 12.1 Å². The van der Waals surface area contributed by atoms with E-state index in [0.717, 1.165) is 16.4 Å². The molecule has 0 aliphatic heterocycles. The zero-order valence-corrected chi connectivity index (χ0v) is 13.3. The topological polar surface area (TPSA) is 48.0 Å². The van der Waals surface area contributed by atoms with Crippen LogP contribution in [-0.4, -0.2) is 16.1 Å². The number of carbonyl (C=O) groups excluding carboxylic acids is 1. The third-order valence-corrected chi connectivity index (χ3v) is 3.87. The molecule has 0 saturated carbocycles. The van der Waals surface area contributed by atoms with Crippen molar-refractivity contribution in [1.29, 1.82) is 0 Å². The molecule has 1 aromatic carbocycles. The number of hydrogen-bond donors (Lipinski definition) is 0. The molecule has 3 aromatic rings. The maximum Gasteiger partial charge on any atom is 0.169 e. The fraction of sp³-hybridized carbons (Fsp3) is 0. The van der Waals surface area contributed by atoms with Gasteiger partial charge in [-0.05, 0) is 56.1 Å². The quantitative estimate of drug-likeness (QED) is 0.614. The van der Waals surface area contributed by atoms with Crippen LogP contribution < -0.4 is 0 Å².